The minimum absolute atomic E-state index is 0.106. The third-order valence-corrected chi connectivity index (χ3v) is 4.83. The van der Waals surface area contributed by atoms with Crippen LogP contribution in [0.15, 0.2) is 22.7 Å². The predicted molar refractivity (Wildman–Crippen MR) is 80.4 cm³/mol. The SMILES string of the molecule is CCCOc1ccc(C(Cl)C(C)C2CC2)cc1Br. The normalized spacial score (nSPS) is 18.4. The third kappa shape index (κ3) is 3.42. The fourth-order valence-corrected chi connectivity index (χ4v) is 3.03. The van der Waals surface area contributed by atoms with Gasteiger partial charge in [-0.05, 0) is 64.7 Å². The molecule has 0 bridgehead atoms. The standard InChI is InChI=1S/C15H20BrClO/c1-3-8-18-14-7-6-12(9-13(14)16)15(17)10(2)11-4-5-11/h6-7,9-11,15H,3-5,8H2,1-2H3. The van der Waals surface area contributed by atoms with E-state index in [0.717, 1.165) is 29.2 Å². The molecule has 1 aromatic rings. The summed E-state index contributed by atoms with van der Waals surface area (Å²) in [6.07, 6.45) is 3.69. The Balaban J connectivity index is 2.07. The summed E-state index contributed by atoms with van der Waals surface area (Å²) >= 11 is 10.1. The van der Waals surface area contributed by atoms with Crippen LogP contribution in [0.25, 0.3) is 0 Å². The van der Waals surface area contributed by atoms with E-state index in [9.17, 15) is 0 Å². The average Bonchev–Trinajstić information content (AvgIpc) is 3.19. The maximum Gasteiger partial charge on any atom is 0.133 e. The molecular weight excluding hydrogens is 312 g/mol. The highest BCUT2D eigenvalue weighted by atomic mass is 79.9. The smallest absolute Gasteiger partial charge is 0.133 e. The largest absolute Gasteiger partial charge is 0.492 e. The first-order chi connectivity index (χ1) is 8.63. The zero-order valence-electron chi connectivity index (χ0n) is 11.0. The van der Waals surface area contributed by atoms with E-state index in [2.05, 4.69) is 41.9 Å². The fourth-order valence-electron chi connectivity index (χ4n) is 2.18. The van der Waals surface area contributed by atoms with E-state index in [0.29, 0.717) is 5.92 Å². The maximum atomic E-state index is 6.56. The number of benzene rings is 1. The first-order valence-corrected chi connectivity index (χ1v) is 7.92. The van der Waals surface area contributed by atoms with Gasteiger partial charge in [0.2, 0.25) is 0 Å². The molecule has 0 radical (unpaired) electrons. The Morgan fingerprint density at radius 3 is 2.72 bits per heavy atom. The Labute approximate surface area is 123 Å². The summed E-state index contributed by atoms with van der Waals surface area (Å²) in [7, 11) is 0. The number of ether oxygens (including phenoxy) is 1. The van der Waals surface area contributed by atoms with Gasteiger partial charge >= 0.3 is 0 Å². The van der Waals surface area contributed by atoms with Gasteiger partial charge in [0.05, 0.1) is 16.5 Å². The van der Waals surface area contributed by atoms with Crippen molar-refractivity contribution in [3.63, 3.8) is 0 Å². The molecule has 18 heavy (non-hydrogen) atoms. The topological polar surface area (TPSA) is 9.23 Å². The van der Waals surface area contributed by atoms with Crippen LogP contribution in [-0.4, -0.2) is 6.61 Å². The molecule has 2 rings (SSSR count). The van der Waals surface area contributed by atoms with Crippen molar-refractivity contribution < 1.29 is 4.74 Å². The van der Waals surface area contributed by atoms with Crippen LogP contribution in [0.4, 0.5) is 0 Å². The molecule has 2 unspecified atom stereocenters. The van der Waals surface area contributed by atoms with Crippen molar-refractivity contribution >= 4 is 27.5 Å². The molecule has 1 saturated carbocycles. The van der Waals surface area contributed by atoms with Gasteiger partial charge in [0.25, 0.3) is 0 Å². The summed E-state index contributed by atoms with van der Waals surface area (Å²) in [5, 5.41) is 0.106. The summed E-state index contributed by atoms with van der Waals surface area (Å²) in [5.41, 5.74) is 1.19. The highest BCUT2D eigenvalue weighted by Gasteiger charge is 2.33. The molecule has 0 aliphatic heterocycles. The highest BCUT2D eigenvalue weighted by molar-refractivity contribution is 9.10. The molecule has 2 atom stereocenters. The fraction of sp³-hybridized carbons (Fsp3) is 0.600. The summed E-state index contributed by atoms with van der Waals surface area (Å²) in [4.78, 5) is 0. The van der Waals surface area contributed by atoms with E-state index in [1.807, 2.05) is 6.07 Å². The lowest BCUT2D eigenvalue weighted by molar-refractivity contribution is 0.315. The molecule has 0 spiro atoms. The number of hydrogen-bond donors (Lipinski definition) is 0. The second-order valence-electron chi connectivity index (χ2n) is 5.14. The number of alkyl halides is 1. The van der Waals surface area contributed by atoms with Crippen molar-refractivity contribution in [3.8, 4) is 5.75 Å². The molecule has 1 aliphatic rings. The molecule has 0 amide bonds. The van der Waals surface area contributed by atoms with E-state index in [4.69, 9.17) is 16.3 Å². The molecule has 0 saturated heterocycles. The third-order valence-electron chi connectivity index (χ3n) is 3.56. The van der Waals surface area contributed by atoms with Gasteiger partial charge in [0.1, 0.15) is 5.75 Å². The van der Waals surface area contributed by atoms with Gasteiger partial charge in [0, 0.05) is 0 Å². The monoisotopic (exact) mass is 330 g/mol. The van der Waals surface area contributed by atoms with Crippen LogP contribution in [0.3, 0.4) is 0 Å². The van der Waals surface area contributed by atoms with Crippen molar-refractivity contribution in [1.82, 2.24) is 0 Å². The number of hydrogen-bond acceptors (Lipinski definition) is 1. The molecule has 1 nitrogen and oxygen atoms in total. The van der Waals surface area contributed by atoms with Gasteiger partial charge in [-0.25, -0.2) is 0 Å². The molecule has 1 aromatic carbocycles. The van der Waals surface area contributed by atoms with Crippen molar-refractivity contribution in [2.75, 3.05) is 6.61 Å². The lowest BCUT2D eigenvalue weighted by Crippen LogP contribution is -2.06. The van der Waals surface area contributed by atoms with Gasteiger partial charge in [-0.1, -0.05) is 19.9 Å². The van der Waals surface area contributed by atoms with Crippen LogP contribution in [0.1, 0.15) is 44.1 Å². The Bertz CT molecular complexity index is 403. The van der Waals surface area contributed by atoms with E-state index < -0.39 is 0 Å². The Morgan fingerprint density at radius 2 is 2.17 bits per heavy atom. The van der Waals surface area contributed by atoms with Crippen molar-refractivity contribution in [2.24, 2.45) is 11.8 Å². The summed E-state index contributed by atoms with van der Waals surface area (Å²) in [5.74, 6) is 2.28. The summed E-state index contributed by atoms with van der Waals surface area (Å²) in [6, 6.07) is 6.21. The quantitative estimate of drug-likeness (QED) is 0.620. The second kappa shape index (κ2) is 6.29. The van der Waals surface area contributed by atoms with Crippen molar-refractivity contribution in [1.29, 1.82) is 0 Å². The Morgan fingerprint density at radius 1 is 1.44 bits per heavy atom. The zero-order chi connectivity index (χ0) is 13.1. The van der Waals surface area contributed by atoms with Gasteiger partial charge in [0.15, 0.2) is 0 Å². The van der Waals surface area contributed by atoms with Gasteiger partial charge < -0.3 is 4.74 Å². The Kier molecular flexibility index (Phi) is 4.97. The van der Waals surface area contributed by atoms with Crippen LogP contribution >= 0.6 is 27.5 Å². The Hall–Kier alpha value is -0.210. The number of halogens is 2. The minimum atomic E-state index is 0.106. The molecule has 100 valence electrons. The van der Waals surface area contributed by atoms with Crippen LogP contribution in [0.2, 0.25) is 0 Å². The van der Waals surface area contributed by atoms with E-state index in [1.165, 1.54) is 18.4 Å². The lowest BCUT2D eigenvalue weighted by Gasteiger charge is -2.19. The van der Waals surface area contributed by atoms with E-state index in [-0.39, 0.29) is 5.38 Å². The van der Waals surface area contributed by atoms with Gasteiger partial charge in [-0.3, -0.25) is 0 Å². The van der Waals surface area contributed by atoms with Gasteiger partial charge in [-0.2, -0.15) is 0 Å². The second-order valence-corrected chi connectivity index (χ2v) is 6.46. The van der Waals surface area contributed by atoms with Crippen LogP contribution in [-0.2, 0) is 0 Å². The van der Waals surface area contributed by atoms with E-state index in [1.54, 1.807) is 0 Å². The zero-order valence-corrected chi connectivity index (χ0v) is 13.3. The summed E-state index contributed by atoms with van der Waals surface area (Å²) in [6.45, 7) is 5.11. The van der Waals surface area contributed by atoms with Crippen LogP contribution in [0, 0.1) is 11.8 Å². The average molecular weight is 332 g/mol. The van der Waals surface area contributed by atoms with Crippen LogP contribution < -0.4 is 4.74 Å². The van der Waals surface area contributed by atoms with Crippen LogP contribution in [0.5, 0.6) is 5.75 Å². The predicted octanol–water partition coefficient (Wildman–Crippen LogP) is 5.56. The molecule has 0 heterocycles. The summed E-state index contributed by atoms with van der Waals surface area (Å²) < 4.78 is 6.65. The first-order valence-electron chi connectivity index (χ1n) is 6.69. The van der Waals surface area contributed by atoms with Crippen molar-refractivity contribution in [2.45, 2.75) is 38.5 Å². The number of rotatable bonds is 6. The molecule has 0 aromatic heterocycles. The molecular formula is C15H20BrClO. The van der Waals surface area contributed by atoms with E-state index >= 15 is 0 Å². The molecule has 3 heteroatoms. The molecule has 1 aliphatic carbocycles. The minimum Gasteiger partial charge on any atom is -0.492 e. The van der Waals surface area contributed by atoms with Gasteiger partial charge in [-0.15, -0.1) is 11.6 Å². The maximum absolute atomic E-state index is 6.56. The lowest BCUT2D eigenvalue weighted by atomic mass is 9.96. The van der Waals surface area contributed by atoms with Crippen molar-refractivity contribution in [3.05, 3.63) is 28.2 Å². The highest BCUT2D eigenvalue weighted by Crippen LogP contribution is 2.46. The molecule has 0 N–H and O–H groups in total. The molecule has 1 fully saturated rings. The first kappa shape index (κ1) is 14.2.